The molecule has 0 fully saturated rings. The van der Waals surface area contributed by atoms with Gasteiger partial charge in [0.1, 0.15) is 6.29 Å². The number of rotatable bonds is 3. The Morgan fingerprint density at radius 1 is 1.58 bits per heavy atom. The maximum atomic E-state index is 11.8. The Labute approximate surface area is 66.5 Å². The lowest BCUT2D eigenvalue weighted by atomic mass is 10.2. The van der Waals surface area contributed by atoms with E-state index in [2.05, 4.69) is 4.74 Å². The van der Waals surface area contributed by atoms with Crippen molar-refractivity contribution in [2.24, 2.45) is 5.92 Å². The lowest BCUT2D eigenvalue weighted by molar-refractivity contribution is -0.193. The number of halogens is 3. The third-order valence-electron chi connectivity index (χ3n) is 1.03. The van der Waals surface area contributed by atoms with Crippen LogP contribution in [0.25, 0.3) is 0 Å². The first-order valence-electron chi connectivity index (χ1n) is 3.12. The molecule has 1 unspecified atom stereocenters. The molecular formula is C6H7F3O3. The summed E-state index contributed by atoms with van der Waals surface area (Å²) >= 11 is 0. The van der Waals surface area contributed by atoms with Gasteiger partial charge in [0.2, 0.25) is 5.92 Å². The number of aldehydes is 1. The number of ether oxygens (including phenoxy) is 1. The van der Waals surface area contributed by atoms with Crippen molar-refractivity contribution in [3.8, 4) is 0 Å². The molecule has 1 atom stereocenters. The van der Waals surface area contributed by atoms with Gasteiger partial charge in [0, 0.05) is 0 Å². The second-order valence-corrected chi connectivity index (χ2v) is 1.91. The minimum atomic E-state index is -4.85. The first-order chi connectivity index (χ1) is 5.43. The smallest absolute Gasteiger partial charge is 0.408 e. The van der Waals surface area contributed by atoms with Crippen molar-refractivity contribution >= 4 is 12.3 Å². The zero-order valence-electron chi connectivity index (χ0n) is 6.22. The first-order valence-corrected chi connectivity index (χ1v) is 3.12. The molecule has 0 aromatic carbocycles. The molecule has 0 aliphatic carbocycles. The van der Waals surface area contributed by atoms with Crippen LogP contribution in [0, 0.1) is 5.92 Å². The molecule has 3 nitrogen and oxygen atoms in total. The SMILES string of the molecule is CCOC(=O)C(C=O)C(F)(F)F. The van der Waals surface area contributed by atoms with Gasteiger partial charge in [0.15, 0.2) is 0 Å². The van der Waals surface area contributed by atoms with Crippen molar-refractivity contribution in [3.05, 3.63) is 0 Å². The molecule has 0 aliphatic heterocycles. The van der Waals surface area contributed by atoms with Crippen LogP contribution in [0.3, 0.4) is 0 Å². The van der Waals surface area contributed by atoms with Crippen LogP contribution in [-0.2, 0) is 14.3 Å². The Kier molecular flexibility index (Phi) is 3.72. The Morgan fingerprint density at radius 2 is 2.08 bits per heavy atom. The van der Waals surface area contributed by atoms with Crippen LogP contribution in [0.4, 0.5) is 13.2 Å². The van der Waals surface area contributed by atoms with Crippen molar-refractivity contribution in [1.29, 1.82) is 0 Å². The highest BCUT2D eigenvalue weighted by molar-refractivity contribution is 5.88. The lowest BCUT2D eigenvalue weighted by Crippen LogP contribution is -2.33. The van der Waals surface area contributed by atoms with E-state index in [0.29, 0.717) is 0 Å². The van der Waals surface area contributed by atoms with E-state index in [-0.39, 0.29) is 6.61 Å². The van der Waals surface area contributed by atoms with Crippen molar-refractivity contribution in [2.75, 3.05) is 6.61 Å². The molecule has 0 saturated heterocycles. The second kappa shape index (κ2) is 4.08. The Hall–Kier alpha value is -1.07. The summed E-state index contributed by atoms with van der Waals surface area (Å²) in [4.78, 5) is 20.3. The number of esters is 1. The zero-order valence-corrected chi connectivity index (χ0v) is 6.22. The van der Waals surface area contributed by atoms with Gasteiger partial charge in [-0.2, -0.15) is 13.2 Å². The van der Waals surface area contributed by atoms with Crippen LogP contribution in [0.15, 0.2) is 0 Å². The molecule has 0 spiro atoms. The molecule has 0 heterocycles. The molecule has 0 saturated carbocycles. The summed E-state index contributed by atoms with van der Waals surface area (Å²) in [5, 5.41) is 0. The summed E-state index contributed by atoms with van der Waals surface area (Å²) in [7, 11) is 0. The fourth-order valence-corrected chi connectivity index (χ4v) is 0.498. The highest BCUT2D eigenvalue weighted by atomic mass is 19.4. The predicted molar refractivity (Wildman–Crippen MR) is 32.2 cm³/mol. The van der Waals surface area contributed by atoms with Crippen molar-refractivity contribution < 1.29 is 27.5 Å². The quantitative estimate of drug-likeness (QED) is 0.372. The van der Waals surface area contributed by atoms with E-state index in [1.165, 1.54) is 6.92 Å². The maximum absolute atomic E-state index is 11.8. The van der Waals surface area contributed by atoms with Gasteiger partial charge in [-0.1, -0.05) is 0 Å². The number of carbonyl (C=O) groups excluding carboxylic acids is 2. The van der Waals surface area contributed by atoms with E-state index in [1.807, 2.05) is 0 Å². The normalized spacial score (nSPS) is 13.7. The van der Waals surface area contributed by atoms with E-state index in [9.17, 15) is 22.8 Å². The second-order valence-electron chi connectivity index (χ2n) is 1.91. The molecule has 0 bridgehead atoms. The summed E-state index contributed by atoms with van der Waals surface area (Å²) < 4.78 is 39.3. The molecule has 0 radical (unpaired) electrons. The van der Waals surface area contributed by atoms with Crippen molar-refractivity contribution in [1.82, 2.24) is 0 Å². The largest absolute Gasteiger partial charge is 0.465 e. The summed E-state index contributed by atoms with van der Waals surface area (Å²) in [6.07, 6.45) is -5.33. The van der Waals surface area contributed by atoms with Crippen LogP contribution in [0.1, 0.15) is 6.92 Å². The summed E-state index contributed by atoms with van der Waals surface area (Å²) in [6.45, 7) is 1.18. The molecule has 0 rings (SSSR count). The average molecular weight is 184 g/mol. The van der Waals surface area contributed by atoms with Gasteiger partial charge < -0.3 is 9.53 Å². The molecule has 0 amide bonds. The number of hydrogen-bond acceptors (Lipinski definition) is 3. The summed E-state index contributed by atoms with van der Waals surface area (Å²) in [5.74, 6) is -4.21. The van der Waals surface area contributed by atoms with E-state index in [0.717, 1.165) is 0 Å². The predicted octanol–water partition coefficient (Wildman–Crippen LogP) is 0.927. The number of carbonyl (C=O) groups is 2. The summed E-state index contributed by atoms with van der Waals surface area (Å²) in [6, 6.07) is 0. The maximum Gasteiger partial charge on any atom is 0.408 e. The van der Waals surface area contributed by atoms with E-state index in [1.54, 1.807) is 0 Å². The number of alkyl halides is 3. The standard InChI is InChI=1S/C6H7F3O3/c1-2-12-5(11)4(3-10)6(7,8)9/h3-4H,2H2,1H3. The van der Waals surface area contributed by atoms with E-state index in [4.69, 9.17) is 0 Å². The van der Waals surface area contributed by atoms with Crippen LogP contribution >= 0.6 is 0 Å². The first kappa shape index (κ1) is 10.9. The third-order valence-corrected chi connectivity index (χ3v) is 1.03. The highest BCUT2D eigenvalue weighted by Crippen LogP contribution is 2.25. The average Bonchev–Trinajstić information content (AvgIpc) is 1.85. The fraction of sp³-hybridized carbons (Fsp3) is 0.667. The van der Waals surface area contributed by atoms with Gasteiger partial charge in [-0.3, -0.25) is 4.79 Å². The Bertz CT molecular complexity index is 175. The Morgan fingerprint density at radius 3 is 2.33 bits per heavy atom. The molecule has 0 aromatic rings. The van der Waals surface area contributed by atoms with Crippen LogP contribution in [-0.4, -0.2) is 25.0 Å². The molecular weight excluding hydrogens is 177 g/mol. The van der Waals surface area contributed by atoms with Gasteiger partial charge in [-0.15, -0.1) is 0 Å². The Balaban J connectivity index is 4.35. The van der Waals surface area contributed by atoms with Crippen LogP contribution in [0.2, 0.25) is 0 Å². The monoisotopic (exact) mass is 184 g/mol. The highest BCUT2D eigenvalue weighted by Gasteiger charge is 2.45. The van der Waals surface area contributed by atoms with Crippen molar-refractivity contribution in [3.63, 3.8) is 0 Å². The van der Waals surface area contributed by atoms with E-state index >= 15 is 0 Å². The lowest BCUT2D eigenvalue weighted by Gasteiger charge is -2.12. The van der Waals surface area contributed by atoms with Crippen LogP contribution in [0.5, 0.6) is 0 Å². The van der Waals surface area contributed by atoms with Gasteiger partial charge in [-0.25, -0.2) is 0 Å². The minimum absolute atomic E-state index is 0.181. The summed E-state index contributed by atoms with van der Waals surface area (Å²) in [5.41, 5.74) is 0. The number of hydrogen-bond donors (Lipinski definition) is 0. The molecule has 0 aromatic heterocycles. The van der Waals surface area contributed by atoms with Gasteiger partial charge in [0.05, 0.1) is 6.61 Å². The topological polar surface area (TPSA) is 43.4 Å². The van der Waals surface area contributed by atoms with Crippen LogP contribution < -0.4 is 0 Å². The molecule has 12 heavy (non-hydrogen) atoms. The van der Waals surface area contributed by atoms with Gasteiger partial charge in [0.25, 0.3) is 0 Å². The van der Waals surface area contributed by atoms with Gasteiger partial charge >= 0.3 is 12.1 Å². The minimum Gasteiger partial charge on any atom is -0.465 e. The zero-order chi connectivity index (χ0) is 9.78. The van der Waals surface area contributed by atoms with Gasteiger partial charge in [-0.05, 0) is 6.92 Å². The molecule has 0 aliphatic rings. The molecule has 0 N–H and O–H groups in total. The fourth-order valence-electron chi connectivity index (χ4n) is 0.498. The third kappa shape index (κ3) is 2.89. The van der Waals surface area contributed by atoms with Crippen molar-refractivity contribution in [2.45, 2.75) is 13.1 Å². The molecule has 70 valence electrons. The molecule has 6 heteroatoms. The van der Waals surface area contributed by atoms with E-state index < -0.39 is 24.3 Å².